The Balaban J connectivity index is 1.63. The lowest BCUT2D eigenvalue weighted by Gasteiger charge is -2.27. The molecule has 2 aliphatic rings. The highest BCUT2D eigenvalue weighted by Gasteiger charge is 2.29. The van der Waals surface area contributed by atoms with Crippen molar-refractivity contribution in [1.82, 2.24) is 0 Å². The predicted molar refractivity (Wildman–Crippen MR) is 61.1 cm³/mol. The van der Waals surface area contributed by atoms with Gasteiger partial charge in [0.2, 0.25) is 0 Å². The van der Waals surface area contributed by atoms with Gasteiger partial charge in [0.05, 0.1) is 18.6 Å². The molecule has 2 saturated carbocycles. The Morgan fingerprint density at radius 2 is 1.81 bits per heavy atom. The van der Waals surface area contributed by atoms with Gasteiger partial charge < -0.3 is 9.47 Å². The lowest BCUT2D eigenvalue weighted by molar-refractivity contribution is -0.150. The number of rotatable bonds is 5. The van der Waals surface area contributed by atoms with Crippen molar-refractivity contribution in [3.8, 4) is 0 Å². The molecule has 2 rings (SSSR count). The van der Waals surface area contributed by atoms with Crippen LogP contribution in [-0.2, 0) is 14.3 Å². The fourth-order valence-electron chi connectivity index (χ4n) is 2.28. The summed E-state index contributed by atoms with van der Waals surface area (Å²) in [6.07, 6.45) is 7.01. The van der Waals surface area contributed by atoms with Crippen LogP contribution >= 0.6 is 0 Å². The summed E-state index contributed by atoms with van der Waals surface area (Å²) < 4.78 is 10.9. The number of ether oxygens (including phenoxy) is 2. The summed E-state index contributed by atoms with van der Waals surface area (Å²) in [6.45, 7) is 3.30. The minimum atomic E-state index is -0.0110. The summed E-state index contributed by atoms with van der Waals surface area (Å²) in [5.74, 6) is 0.951. The fourth-order valence-corrected chi connectivity index (χ4v) is 2.28. The van der Waals surface area contributed by atoms with Crippen LogP contribution in [-0.4, -0.2) is 25.3 Å². The first-order valence-corrected chi connectivity index (χ1v) is 6.57. The van der Waals surface area contributed by atoms with Crippen molar-refractivity contribution >= 4 is 5.97 Å². The molecule has 0 spiro atoms. The van der Waals surface area contributed by atoms with E-state index in [9.17, 15) is 4.79 Å². The van der Waals surface area contributed by atoms with Gasteiger partial charge in [-0.1, -0.05) is 0 Å². The van der Waals surface area contributed by atoms with Crippen LogP contribution in [0.1, 0.15) is 45.4 Å². The van der Waals surface area contributed by atoms with Crippen molar-refractivity contribution in [2.24, 2.45) is 11.8 Å². The van der Waals surface area contributed by atoms with E-state index in [4.69, 9.17) is 9.47 Å². The van der Waals surface area contributed by atoms with Crippen LogP contribution in [0, 0.1) is 11.8 Å². The van der Waals surface area contributed by atoms with Gasteiger partial charge in [-0.3, -0.25) is 4.79 Å². The van der Waals surface area contributed by atoms with Crippen LogP contribution in [0.3, 0.4) is 0 Å². The summed E-state index contributed by atoms with van der Waals surface area (Å²) >= 11 is 0. The van der Waals surface area contributed by atoms with E-state index in [-0.39, 0.29) is 11.9 Å². The average molecular weight is 226 g/mol. The van der Waals surface area contributed by atoms with E-state index in [1.807, 2.05) is 6.92 Å². The third-order valence-corrected chi connectivity index (χ3v) is 3.56. The Morgan fingerprint density at radius 1 is 1.12 bits per heavy atom. The summed E-state index contributed by atoms with van der Waals surface area (Å²) in [5, 5.41) is 0. The minimum absolute atomic E-state index is 0.0110. The molecule has 0 aliphatic heterocycles. The van der Waals surface area contributed by atoms with Gasteiger partial charge in [-0.05, 0) is 51.4 Å². The molecule has 2 fully saturated rings. The summed E-state index contributed by atoms with van der Waals surface area (Å²) in [4.78, 5) is 11.5. The quantitative estimate of drug-likeness (QED) is 0.676. The van der Waals surface area contributed by atoms with Crippen molar-refractivity contribution in [1.29, 1.82) is 0 Å². The molecule has 0 aromatic heterocycles. The molecule has 0 saturated heterocycles. The first-order valence-electron chi connectivity index (χ1n) is 6.57. The van der Waals surface area contributed by atoms with Gasteiger partial charge in [-0.2, -0.15) is 0 Å². The van der Waals surface area contributed by atoms with Gasteiger partial charge in [0.15, 0.2) is 0 Å². The summed E-state index contributed by atoms with van der Waals surface area (Å²) in [7, 11) is 0. The Morgan fingerprint density at radius 3 is 2.38 bits per heavy atom. The zero-order valence-electron chi connectivity index (χ0n) is 10.1. The Kier molecular flexibility index (Phi) is 4.22. The van der Waals surface area contributed by atoms with E-state index < -0.39 is 0 Å². The van der Waals surface area contributed by atoms with Gasteiger partial charge >= 0.3 is 5.97 Å². The zero-order valence-corrected chi connectivity index (χ0v) is 10.1. The molecule has 0 heterocycles. The highest BCUT2D eigenvalue weighted by Crippen LogP contribution is 2.32. The lowest BCUT2D eigenvalue weighted by atomic mass is 9.87. The molecule has 3 heteroatoms. The first kappa shape index (κ1) is 11.9. The van der Waals surface area contributed by atoms with E-state index in [0.717, 1.165) is 38.2 Å². The largest absolute Gasteiger partial charge is 0.466 e. The van der Waals surface area contributed by atoms with E-state index >= 15 is 0 Å². The van der Waals surface area contributed by atoms with Gasteiger partial charge in [-0.25, -0.2) is 0 Å². The second-order valence-corrected chi connectivity index (χ2v) is 5.00. The van der Waals surface area contributed by atoms with E-state index in [1.54, 1.807) is 0 Å². The van der Waals surface area contributed by atoms with Crippen LogP contribution in [0.15, 0.2) is 0 Å². The third kappa shape index (κ3) is 3.48. The number of hydrogen-bond donors (Lipinski definition) is 0. The number of carbonyl (C=O) groups is 1. The number of carbonyl (C=O) groups excluding carboxylic acids is 1. The maximum atomic E-state index is 11.5. The van der Waals surface area contributed by atoms with Crippen molar-refractivity contribution in [2.75, 3.05) is 13.2 Å². The summed E-state index contributed by atoms with van der Waals surface area (Å²) in [5.41, 5.74) is 0. The maximum Gasteiger partial charge on any atom is 0.308 e. The molecule has 3 nitrogen and oxygen atoms in total. The number of esters is 1. The van der Waals surface area contributed by atoms with Crippen LogP contribution < -0.4 is 0 Å². The second-order valence-electron chi connectivity index (χ2n) is 5.00. The number of hydrogen-bond acceptors (Lipinski definition) is 3. The standard InChI is InChI=1S/C13H22O3/c1-2-15-13(14)11-5-7-12(8-6-11)16-9-10-3-4-10/h10-12H,2-9H2,1H3. The van der Waals surface area contributed by atoms with Crippen LogP contribution in [0.5, 0.6) is 0 Å². The lowest BCUT2D eigenvalue weighted by Crippen LogP contribution is -2.27. The molecule has 0 unspecified atom stereocenters. The highest BCUT2D eigenvalue weighted by atomic mass is 16.5. The Hall–Kier alpha value is -0.570. The van der Waals surface area contributed by atoms with Crippen LogP contribution in [0.4, 0.5) is 0 Å². The van der Waals surface area contributed by atoms with Crippen LogP contribution in [0.25, 0.3) is 0 Å². The Bertz CT molecular complexity index is 227. The second kappa shape index (κ2) is 5.67. The third-order valence-electron chi connectivity index (χ3n) is 3.56. The van der Waals surface area contributed by atoms with Crippen molar-refractivity contribution in [2.45, 2.75) is 51.6 Å². The molecule has 0 bridgehead atoms. The monoisotopic (exact) mass is 226 g/mol. The molecule has 92 valence electrons. The molecule has 2 aliphatic carbocycles. The molecule has 0 radical (unpaired) electrons. The zero-order chi connectivity index (χ0) is 11.4. The molecule has 0 aromatic carbocycles. The molecular formula is C13H22O3. The predicted octanol–water partition coefficient (Wildman–Crippen LogP) is 2.53. The normalized spacial score (nSPS) is 30.1. The topological polar surface area (TPSA) is 35.5 Å². The van der Waals surface area contributed by atoms with E-state index in [0.29, 0.717) is 12.7 Å². The average Bonchev–Trinajstić information content (AvgIpc) is 3.11. The van der Waals surface area contributed by atoms with Gasteiger partial charge in [-0.15, -0.1) is 0 Å². The van der Waals surface area contributed by atoms with Crippen molar-refractivity contribution in [3.05, 3.63) is 0 Å². The van der Waals surface area contributed by atoms with Gasteiger partial charge in [0, 0.05) is 6.61 Å². The van der Waals surface area contributed by atoms with Gasteiger partial charge in [0.25, 0.3) is 0 Å². The first-order chi connectivity index (χ1) is 7.79. The fraction of sp³-hybridized carbons (Fsp3) is 0.923. The van der Waals surface area contributed by atoms with E-state index in [2.05, 4.69) is 0 Å². The SMILES string of the molecule is CCOC(=O)C1CCC(OCC2CC2)CC1. The molecule has 16 heavy (non-hydrogen) atoms. The highest BCUT2D eigenvalue weighted by molar-refractivity contribution is 5.72. The minimum Gasteiger partial charge on any atom is -0.466 e. The van der Waals surface area contributed by atoms with Crippen LogP contribution in [0.2, 0.25) is 0 Å². The molecule has 0 aromatic rings. The van der Waals surface area contributed by atoms with Crippen molar-refractivity contribution in [3.63, 3.8) is 0 Å². The van der Waals surface area contributed by atoms with Crippen molar-refractivity contribution < 1.29 is 14.3 Å². The summed E-state index contributed by atoms with van der Waals surface area (Å²) in [6, 6.07) is 0. The molecule has 0 N–H and O–H groups in total. The smallest absolute Gasteiger partial charge is 0.308 e. The maximum absolute atomic E-state index is 11.5. The molecule has 0 amide bonds. The molecular weight excluding hydrogens is 204 g/mol. The van der Waals surface area contributed by atoms with Gasteiger partial charge in [0.1, 0.15) is 0 Å². The Labute approximate surface area is 97.5 Å². The molecule has 0 atom stereocenters. The van der Waals surface area contributed by atoms with E-state index in [1.165, 1.54) is 12.8 Å².